The zero-order chi connectivity index (χ0) is 18.3. The van der Waals surface area contributed by atoms with Crippen LogP contribution in [0.25, 0.3) is 11.0 Å². The summed E-state index contributed by atoms with van der Waals surface area (Å²) in [5, 5.41) is 10.9. The van der Waals surface area contributed by atoms with Gasteiger partial charge in [-0.15, -0.1) is 0 Å². The molecule has 2 aromatic heterocycles. The van der Waals surface area contributed by atoms with Crippen LogP contribution < -0.4 is 10.6 Å². The van der Waals surface area contributed by atoms with E-state index in [9.17, 15) is 9.59 Å². The fraction of sp³-hybridized carbons (Fsp3) is 0.263. The van der Waals surface area contributed by atoms with Crippen molar-refractivity contribution in [1.82, 2.24) is 14.8 Å². The Balaban J connectivity index is 1.61. The van der Waals surface area contributed by atoms with Crippen LogP contribution in [-0.4, -0.2) is 26.6 Å². The van der Waals surface area contributed by atoms with E-state index in [1.54, 1.807) is 18.5 Å². The molecule has 0 aliphatic carbocycles. The first-order valence-corrected chi connectivity index (χ1v) is 8.56. The molecular formula is C19H19N5O2. The fourth-order valence-electron chi connectivity index (χ4n) is 3.26. The number of aromatic nitrogens is 3. The summed E-state index contributed by atoms with van der Waals surface area (Å²) in [6, 6.07) is 9.43. The number of rotatable bonds is 3. The largest absolute Gasteiger partial charge is 0.326 e. The summed E-state index contributed by atoms with van der Waals surface area (Å²) in [5.74, 6) is -0.894. The molecule has 4 rings (SSSR count). The first-order chi connectivity index (χ1) is 12.5. The number of nitrogens with one attached hydrogen (secondary N) is 2. The highest BCUT2D eigenvalue weighted by molar-refractivity contribution is 6.05. The standard InChI is InChI=1S/C19H19N5O2/c1-11(2)24-18-12(9-21-24)7-13(10-20-18)22-19(26)15-8-17(25)23-16-6-4-3-5-14(15)16/h3-7,9-11,15H,8H2,1-2H3,(H,22,26)(H,23,25)/t15-/m1/s1. The van der Waals surface area contributed by atoms with Gasteiger partial charge in [0.15, 0.2) is 5.65 Å². The summed E-state index contributed by atoms with van der Waals surface area (Å²) in [6.45, 7) is 4.07. The molecule has 1 aliphatic rings. The van der Waals surface area contributed by atoms with Gasteiger partial charge in [-0.2, -0.15) is 5.10 Å². The molecule has 0 fully saturated rings. The third-order valence-corrected chi connectivity index (χ3v) is 4.51. The lowest BCUT2D eigenvalue weighted by molar-refractivity contribution is -0.123. The first kappa shape index (κ1) is 16.3. The molecule has 2 amide bonds. The minimum Gasteiger partial charge on any atom is -0.326 e. The van der Waals surface area contributed by atoms with Gasteiger partial charge in [0.05, 0.1) is 24.0 Å². The van der Waals surface area contributed by atoms with Crippen LogP contribution in [0.2, 0.25) is 0 Å². The molecule has 1 aromatic carbocycles. The summed E-state index contributed by atoms with van der Waals surface area (Å²) in [7, 11) is 0. The lowest BCUT2D eigenvalue weighted by atomic mass is 9.90. The highest BCUT2D eigenvalue weighted by atomic mass is 16.2. The lowest BCUT2D eigenvalue weighted by Crippen LogP contribution is -2.30. The average Bonchev–Trinajstić information content (AvgIpc) is 3.04. The average molecular weight is 349 g/mol. The molecule has 132 valence electrons. The molecule has 7 heteroatoms. The monoisotopic (exact) mass is 349 g/mol. The van der Waals surface area contributed by atoms with E-state index < -0.39 is 5.92 Å². The van der Waals surface area contributed by atoms with Crippen LogP contribution in [0.15, 0.2) is 42.7 Å². The van der Waals surface area contributed by atoms with Crippen molar-refractivity contribution in [1.29, 1.82) is 0 Å². The van der Waals surface area contributed by atoms with Gasteiger partial charge >= 0.3 is 0 Å². The second kappa shape index (κ2) is 6.25. The maximum Gasteiger partial charge on any atom is 0.232 e. The van der Waals surface area contributed by atoms with Gasteiger partial charge in [-0.05, 0) is 31.5 Å². The van der Waals surface area contributed by atoms with E-state index in [-0.39, 0.29) is 24.3 Å². The summed E-state index contributed by atoms with van der Waals surface area (Å²) in [6.07, 6.45) is 3.49. The summed E-state index contributed by atoms with van der Waals surface area (Å²) in [4.78, 5) is 29.1. The van der Waals surface area contributed by atoms with Crippen molar-refractivity contribution in [3.05, 3.63) is 48.3 Å². The SMILES string of the molecule is CC(C)n1ncc2cc(NC(=O)[C@@H]3CC(=O)Nc4ccccc43)cnc21. The van der Waals surface area contributed by atoms with E-state index >= 15 is 0 Å². The van der Waals surface area contributed by atoms with Crippen molar-refractivity contribution in [2.24, 2.45) is 0 Å². The molecule has 1 aliphatic heterocycles. The van der Waals surface area contributed by atoms with E-state index in [2.05, 4.69) is 20.7 Å². The normalized spacial score (nSPS) is 16.4. The summed E-state index contributed by atoms with van der Waals surface area (Å²) < 4.78 is 1.84. The van der Waals surface area contributed by atoms with Crippen LogP contribution in [-0.2, 0) is 9.59 Å². The number of benzene rings is 1. The quantitative estimate of drug-likeness (QED) is 0.760. The Morgan fingerprint density at radius 2 is 2.12 bits per heavy atom. The first-order valence-electron chi connectivity index (χ1n) is 8.56. The molecule has 7 nitrogen and oxygen atoms in total. The summed E-state index contributed by atoms with van der Waals surface area (Å²) >= 11 is 0. The van der Waals surface area contributed by atoms with Crippen LogP contribution in [0.5, 0.6) is 0 Å². The number of fused-ring (bicyclic) bond motifs is 2. The molecule has 1 atom stereocenters. The summed E-state index contributed by atoms with van der Waals surface area (Å²) in [5.41, 5.74) is 2.89. The van der Waals surface area contributed by atoms with Crippen molar-refractivity contribution < 1.29 is 9.59 Å². The van der Waals surface area contributed by atoms with Gasteiger partial charge in [-0.25, -0.2) is 9.67 Å². The van der Waals surface area contributed by atoms with Gasteiger partial charge in [0.2, 0.25) is 11.8 Å². The van der Waals surface area contributed by atoms with Crippen LogP contribution in [0.1, 0.15) is 37.8 Å². The molecule has 26 heavy (non-hydrogen) atoms. The number of amides is 2. The van der Waals surface area contributed by atoms with E-state index in [1.165, 1.54) is 0 Å². The van der Waals surface area contributed by atoms with E-state index in [0.717, 1.165) is 16.6 Å². The van der Waals surface area contributed by atoms with Gasteiger partial charge in [0.1, 0.15) is 0 Å². The molecule has 0 spiro atoms. The maximum absolute atomic E-state index is 12.8. The molecule has 0 radical (unpaired) electrons. The minimum atomic E-state index is -0.519. The Morgan fingerprint density at radius 1 is 1.31 bits per heavy atom. The van der Waals surface area contributed by atoms with E-state index in [0.29, 0.717) is 11.4 Å². The number of anilines is 2. The smallest absolute Gasteiger partial charge is 0.232 e. The molecule has 0 saturated carbocycles. The maximum atomic E-state index is 12.8. The number of pyridine rings is 1. The molecule has 3 heterocycles. The van der Waals surface area contributed by atoms with Gasteiger partial charge < -0.3 is 10.6 Å². The van der Waals surface area contributed by atoms with E-state index in [4.69, 9.17) is 0 Å². The molecule has 0 unspecified atom stereocenters. The number of para-hydroxylation sites is 1. The Kier molecular flexibility index (Phi) is 3.91. The third kappa shape index (κ3) is 2.81. The van der Waals surface area contributed by atoms with Crippen molar-refractivity contribution in [2.45, 2.75) is 32.2 Å². The molecule has 0 saturated heterocycles. The number of carbonyl (C=O) groups is 2. The molecular weight excluding hydrogens is 330 g/mol. The van der Waals surface area contributed by atoms with Crippen molar-refractivity contribution in [3.63, 3.8) is 0 Å². The Bertz CT molecular complexity index is 1010. The van der Waals surface area contributed by atoms with Gasteiger partial charge in [-0.3, -0.25) is 9.59 Å². The van der Waals surface area contributed by atoms with Gasteiger partial charge in [0, 0.05) is 23.5 Å². The zero-order valence-electron chi connectivity index (χ0n) is 14.6. The van der Waals surface area contributed by atoms with Crippen LogP contribution in [0, 0.1) is 0 Å². The second-order valence-electron chi connectivity index (χ2n) is 6.70. The van der Waals surface area contributed by atoms with E-state index in [1.807, 2.05) is 42.8 Å². The number of hydrogen-bond donors (Lipinski definition) is 2. The molecule has 0 bridgehead atoms. The van der Waals surface area contributed by atoms with Gasteiger partial charge in [0.25, 0.3) is 0 Å². The number of hydrogen-bond acceptors (Lipinski definition) is 4. The topological polar surface area (TPSA) is 88.9 Å². The Labute approximate surface area is 150 Å². The van der Waals surface area contributed by atoms with Crippen molar-refractivity contribution >= 4 is 34.2 Å². The highest BCUT2D eigenvalue weighted by Gasteiger charge is 2.30. The minimum absolute atomic E-state index is 0.129. The highest BCUT2D eigenvalue weighted by Crippen LogP contribution is 2.33. The van der Waals surface area contributed by atoms with Crippen molar-refractivity contribution in [2.75, 3.05) is 10.6 Å². The predicted molar refractivity (Wildman–Crippen MR) is 99.0 cm³/mol. The van der Waals surface area contributed by atoms with Gasteiger partial charge in [-0.1, -0.05) is 18.2 Å². The Hall–Kier alpha value is -3.22. The second-order valence-corrected chi connectivity index (χ2v) is 6.70. The third-order valence-electron chi connectivity index (χ3n) is 4.51. The number of carbonyl (C=O) groups excluding carboxylic acids is 2. The van der Waals surface area contributed by atoms with Crippen LogP contribution >= 0.6 is 0 Å². The van der Waals surface area contributed by atoms with Crippen LogP contribution in [0.3, 0.4) is 0 Å². The number of nitrogens with zero attached hydrogens (tertiary/aromatic N) is 3. The van der Waals surface area contributed by atoms with Crippen molar-refractivity contribution in [3.8, 4) is 0 Å². The van der Waals surface area contributed by atoms with Crippen LogP contribution in [0.4, 0.5) is 11.4 Å². The zero-order valence-corrected chi connectivity index (χ0v) is 14.6. The Morgan fingerprint density at radius 3 is 2.92 bits per heavy atom. The molecule has 2 N–H and O–H groups in total. The predicted octanol–water partition coefficient (Wildman–Crippen LogP) is 3.08. The lowest BCUT2D eigenvalue weighted by Gasteiger charge is -2.24. The fourth-order valence-corrected chi connectivity index (χ4v) is 3.26. The molecule has 3 aromatic rings.